The van der Waals surface area contributed by atoms with Gasteiger partial charge in [-0.2, -0.15) is 0 Å². The van der Waals surface area contributed by atoms with E-state index in [0.717, 1.165) is 12.1 Å². The lowest BCUT2D eigenvalue weighted by Crippen LogP contribution is -2.27. The topological polar surface area (TPSA) is 60.4 Å². The lowest BCUT2D eigenvalue weighted by Gasteiger charge is -2.14. The third kappa shape index (κ3) is 4.58. The Bertz CT molecular complexity index is 707. The fraction of sp³-hybridized carbons (Fsp3) is 0.278. The molecule has 1 atom stereocenters. The van der Waals surface area contributed by atoms with Crippen molar-refractivity contribution in [3.05, 3.63) is 58.0 Å². The monoisotopic (exact) mass is 348 g/mol. The van der Waals surface area contributed by atoms with Crippen LogP contribution in [-0.2, 0) is 9.53 Å². The largest absolute Gasteiger partial charge is 0.465 e. The summed E-state index contributed by atoms with van der Waals surface area (Å²) in [6, 6.07) is 8.44. The van der Waals surface area contributed by atoms with Gasteiger partial charge in [-0.1, -0.05) is 6.07 Å². The van der Waals surface area contributed by atoms with Crippen molar-refractivity contribution in [2.75, 3.05) is 6.61 Å². The fourth-order valence-electron chi connectivity index (χ4n) is 2.25. The second-order valence-electron chi connectivity index (χ2n) is 5.11. The summed E-state index contributed by atoms with van der Waals surface area (Å²) in [6.07, 6.45) is 0.128. The molecule has 4 nitrogen and oxygen atoms in total. The number of hydrogen-bond donors (Lipinski definition) is 0. The molecule has 1 heterocycles. The summed E-state index contributed by atoms with van der Waals surface area (Å²) in [5.41, 5.74) is 0.220. The molecule has 1 unspecified atom stereocenters. The molecule has 1 aromatic carbocycles. The number of benzene rings is 1. The van der Waals surface area contributed by atoms with E-state index in [1.165, 1.54) is 23.5 Å². The van der Waals surface area contributed by atoms with Gasteiger partial charge in [0, 0.05) is 12.0 Å². The van der Waals surface area contributed by atoms with Gasteiger partial charge in [-0.3, -0.25) is 14.4 Å². The highest BCUT2D eigenvalue weighted by atomic mass is 32.1. The highest BCUT2D eigenvalue weighted by Crippen LogP contribution is 2.20. The van der Waals surface area contributed by atoms with Crippen molar-refractivity contribution >= 4 is 28.9 Å². The van der Waals surface area contributed by atoms with Gasteiger partial charge < -0.3 is 4.74 Å². The second kappa shape index (κ2) is 8.49. The van der Waals surface area contributed by atoms with E-state index in [9.17, 15) is 18.8 Å². The Balaban J connectivity index is 2.12. The normalized spacial score (nSPS) is 11.8. The predicted octanol–water partition coefficient (Wildman–Crippen LogP) is 3.91. The zero-order valence-corrected chi connectivity index (χ0v) is 14.0. The van der Waals surface area contributed by atoms with Crippen LogP contribution < -0.4 is 0 Å². The van der Waals surface area contributed by atoms with Crippen molar-refractivity contribution in [3.8, 4) is 0 Å². The minimum atomic E-state index is -1.07. The van der Waals surface area contributed by atoms with Gasteiger partial charge >= 0.3 is 5.97 Å². The molecule has 2 aromatic rings. The van der Waals surface area contributed by atoms with E-state index in [0.29, 0.717) is 4.88 Å². The molecule has 0 aliphatic heterocycles. The molecule has 6 heteroatoms. The molecule has 0 spiro atoms. The summed E-state index contributed by atoms with van der Waals surface area (Å²) in [5, 5.41) is 1.79. The lowest BCUT2D eigenvalue weighted by molar-refractivity contribution is -0.146. The number of hydrogen-bond acceptors (Lipinski definition) is 5. The molecule has 0 bridgehead atoms. The van der Waals surface area contributed by atoms with Crippen molar-refractivity contribution in [3.63, 3.8) is 0 Å². The molecule has 0 amide bonds. The number of Topliss-reactive ketones (excluding diaryl/α,β-unsaturated/α-hetero) is 2. The predicted molar refractivity (Wildman–Crippen MR) is 88.7 cm³/mol. The molecule has 0 saturated heterocycles. The zero-order chi connectivity index (χ0) is 17.5. The van der Waals surface area contributed by atoms with E-state index in [2.05, 4.69) is 0 Å². The number of rotatable bonds is 8. The molecule has 0 aliphatic rings. The average Bonchev–Trinajstić information content (AvgIpc) is 3.10. The Morgan fingerprint density at radius 1 is 1.17 bits per heavy atom. The summed E-state index contributed by atoms with van der Waals surface area (Å²) in [5.74, 6) is -2.78. The fourth-order valence-corrected chi connectivity index (χ4v) is 2.94. The summed E-state index contributed by atoms with van der Waals surface area (Å²) in [6.45, 7) is 1.79. The molecule has 0 fully saturated rings. The highest BCUT2D eigenvalue weighted by Gasteiger charge is 2.29. The SMILES string of the molecule is CCOC(=O)C(CCC(=O)c1cccs1)C(=O)c1ccc(F)cc1. The third-order valence-corrected chi connectivity index (χ3v) is 4.38. The molecule has 1 aromatic heterocycles. The number of carbonyl (C=O) groups is 3. The maximum absolute atomic E-state index is 13.0. The van der Waals surface area contributed by atoms with Crippen molar-refractivity contribution in [2.45, 2.75) is 19.8 Å². The minimum absolute atomic E-state index is 0.0613. The molecule has 2 rings (SSSR count). The van der Waals surface area contributed by atoms with Crippen LogP contribution in [0.2, 0.25) is 0 Å². The Kier molecular flexibility index (Phi) is 6.37. The number of esters is 1. The van der Waals surface area contributed by atoms with Crippen molar-refractivity contribution < 1.29 is 23.5 Å². The maximum Gasteiger partial charge on any atom is 0.316 e. The molecular formula is C18H17FO4S. The Morgan fingerprint density at radius 3 is 2.46 bits per heavy atom. The third-order valence-electron chi connectivity index (χ3n) is 3.47. The summed E-state index contributed by atoms with van der Waals surface area (Å²) in [7, 11) is 0. The molecule has 24 heavy (non-hydrogen) atoms. The Hall–Kier alpha value is -2.34. The van der Waals surface area contributed by atoms with Gasteiger partial charge in [-0.15, -0.1) is 11.3 Å². The molecule has 126 valence electrons. The van der Waals surface area contributed by atoms with Crippen LogP contribution in [-0.4, -0.2) is 24.1 Å². The Labute approximate surface area is 143 Å². The van der Waals surface area contributed by atoms with E-state index < -0.39 is 23.5 Å². The number of ketones is 2. The summed E-state index contributed by atoms with van der Waals surface area (Å²) >= 11 is 1.32. The molecule has 0 aliphatic carbocycles. The smallest absolute Gasteiger partial charge is 0.316 e. The average molecular weight is 348 g/mol. The number of halogens is 1. The van der Waals surface area contributed by atoms with Crippen LogP contribution in [0.25, 0.3) is 0 Å². The second-order valence-corrected chi connectivity index (χ2v) is 6.06. The van der Waals surface area contributed by atoms with E-state index in [1.54, 1.807) is 24.4 Å². The zero-order valence-electron chi connectivity index (χ0n) is 13.2. The van der Waals surface area contributed by atoms with E-state index in [-0.39, 0.29) is 30.8 Å². The molecule has 0 N–H and O–H groups in total. The van der Waals surface area contributed by atoms with Gasteiger partial charge in [0.15, 0.2) is 11.6 Å². The molecule has 0 saturated carbocycles. The quantitative estimate of drug-likeness (QED) is 0.412. The number of carbonyl (C=O) groups excluding carboxylic acids is 3. The van der Waals surface area contributed by atoms with Gasteiger partial charge in [-0.25, -0.2) is 4.39 Å². The van der Waals surface area contributed by atoms with Gasteiger partial charge in [0.2, 0.25) is 0 Å². The number of ether oxygens (including phenoxy) is 1. The lowest BCUT2D eigenvalue weighted by atomic mass is 9.92. The molecular weight excluding hydrogens is 331 g/mol. The van der Waals surface area contributed by atoms with Crippen LogP contribution in [0.3, 0.4) is 0 Å². The van der Waals surface area contributed by atoms with E-state index >= 15 is 0 Å². The first-order chi connectivity index (χ1) is 11.5. The van der Waals surface area contributed by atoms with Crippen LogP contribution >= 0.6 is 11.3 Å². The van der Waals surface area contributed by atoms with Crippen LogP contribution in [0.1, 0.15) is 39.8 Å². The maximum atomic E-state index is 13.0. The van der Waals surface area contributed by atoms with Gasteiger partial charge in [0.25, 0.3) is 0 Å². The van der Waals surface area contributed by atoms with Gasteiger partial charge in [0.05, 0.1) is 11.5 Å². The van der Waals surface area contributed by atoms with Crippen molar-refractivity contribution in [1.82, 2.24) is 0 Å². The van der Waals surface area contributed by atoms with Gasteiger partial charge in [-0.05, 0) is 49.1 Å². The van der Waals surface area contributed by atoms with Gasteiger partial charge in [0.1, 0.15) is 11.7 Å². The van der Waals surface area contributed by atoms with Crippen molar-refractivity contribution in [2.24, 2.45) is 5.92 Å². The first-order valence-electron chi connectivity index (χ1n) is 7.56. The number of thiophene rings is 1. The van der Waals surface area contributed by atoms with Crippen LogP contribution in [0.4, 0.5) is 4.39 Å². The van der Waals surface area contributed by atoms with E-state index in [4.69, 9.17) is 4.74 Å². The van der Waals surface area contributed by atoms with Crippen LogP contribution in [0, 0.1) is 11.7 Å². The van der Waals surface area contributed by atoms with E-state index in [1.807, 2.05) is 0 Å². The summed E-state index contributed by atoms with van der Waals surface area (Å²) < 4.78 is 17.9. The molecule has 0 radical (unpaired) electrons. The standard InChI is InChI=1S/C18H17FO4S/c1-2-23-18(22)14(9-10-15(20)16-4-3-11-24-16)17(21)12-5-7-13(19)8-6-12/h3-8,11,14H,2,9-10H2,1H3. The Morgan fingerprint density at radius 2 is 1.88 bits per heavy atom. The van der Waals surface area contributed by atoms with Crippen LogP contribution in [0.15, 0.2) is 41.8 Å². The van der Waals surface area contributed by atoms with Crippen molar-refractivity contribution in [1.29, 1.82) is 0 Å². The summed E-state index contributed by atoms with van der Waals surface area (Å²) in [4.78, 5) is 37.3. The first kappa shape index (κ1) is 18.0. The highest BCUT2D eigenvalue weighted by molar-refractivity contribution is 7.12. The first-order valence-corrected chi connectivity index (χ1v) is 8.44. The van der Waals surface area contributed by atoms with Crippen LogP contribution in [0.5, 0.6) is 0 Å². The minimum Gasteiger partial charge on any atom is -0.465 e.